The van der Waals surface area contributed by atoms with Crippen molar-refractivity contribution in [2.45, 2.75) is 39.2 Å². The van der Waals surface area contributed by atoms with Crippen molar-refractivity contribution in [3.05, 3.63) is 18.7 Å². The van der Waals surface area contributed by atoms with Gasteiger partial charge in [0.05, 0.1) is 11.7 Å². The Morgan fingerprint density at radius 2 is 2.11 bits per heavy atom. The molecule has 0 unspecified atom stereocenters. The maximum Gasteiger partial charge on any atom is 0.309 e. The molecule has 5 heteroatoms. The number of carboxylic acids is 1. The monoisotopic (exact) mass is 265 g/mol. The van der Waals surface area contributed by atoms with E-state index in [1.165, 1.54) is 0 Å². The average Bonchev–Trinajstić information content (AvgIpc) is 2.92. The summed E-state index contributed by atoms with van der Waals surface area (Å²) >= 11 is 0. The van der Waals surface area contributed by atoms with E-state index >= 15 is 0 Å². The minimum atomic E-state index is -0.618. The molecule has 0 aromatic carbocycles. The third kappa shape index (κ3) is 3.35. The Kier molecular flexibility index (Phi) is 4.58. The minimum Gasteiger partial charge on any atom is -0.481 e. The topological polar surface area (TPSA) is 58.4 Å². The molecule has 0 aliphatic carbocycles. The summed E-state index contributed by atoms with van der Waals surface area (Å²) in [5.74, 6) is -0.618. The summed E-state index contributed by atoms with van der Waals surface area (Å²) in [6.07, 6.45) is 9.00. The van der Waals surface area contributed by atoms with E-state index in [-0.39, 0.29) is 0 Å². The molecule has 0 atom stereocenters. The highest BCUT2D eigenvalue weighted by molar-refractivity contribution is 5.74. The normalized spacial score (nSPS) is 19.4. The van der Waals surface area contributed by atoms with E-state index in [1.807, 2.05) is 19.4 Å². The van der Waals surface area contributed by atoms with E-state index in [0.717, 1.165) is 51.9 Å². The van der Waals surface area contributed by atoms with Crippen LogP contribution in [-0.2, 0) is 11.3 Å². The molecule has 1 fully saturated rings. The zero-order valence-electron chi connectivity index (χ0n) is 11.6. The zero-order valence-corrected chi connectivity index (χ0v) is 11.6. The summed E-state index contributed by atoms with van der Waals surface area (Å²) in [5, 5.41) is 9.35. The van der Waals surface area contributed by atoms with E-state index < -0.39 is 11.4 Å². The summed E-state index contributed by atoms with van der Waals surface area (Å²) < 4.78 is 2.08. The number of imidazole rings is 1. The first kappa shape index (κ1) is 14.1. The van der Waals surface area contributed by atoms with Crippen LogP contribution in [0.15, 0.2) is 18.7 Å². The molecule has 106 valence electrons. The lowest BCUT2D eigenvalue weighted by atomic mass is 9.76. The van der Waals surface area contributed by atoms with E-state index in [9.17, 15) is 9.90 Å². The fraction of sp³-hybridized carbons (Fsp3) is 0.714. The van der Waals surface area contributed by atoms with Crippen molar-refractivity contribution in [3.63, 3.8) is 0 Å². The fourth-order valence-electron chi connectivity index (χ4n) is 2.82. The smallest absolute Gasteiger partial charge is 0.309 e. The van der Waals surface area contributed by atoms with Gasteiger partial charge >= 0.3 is 5.97 Å². The lowest BCUT2D eigenvalue weighted by Gasteiger charge is -2.38. The molecule has 2 rings (SSSR count). The van der Waals surface area contributed by atoms with Gasteiger partial charge in [-0.05, 0) is 45.3 Å². The third-order valence-electron chi connectivity index (χ3n) is 4.39. The number of hydrogen-bond acceptors (Lipinski definition) is 3. The number of carbonyl (C=O) groups is 1. The summed E-state index contributed by atoms with van der Waals surface area (Å²) in [5.41, 5.74) is -0.471. The first-order valence-corrected chi connectivity index (χ1v) is 7.08. The molecule has 0 amide bonds. The number of aliphatic carboxylic acids is 1. The molecule has 19 heavy (non-hydrogen) atoms. The van der Waals surface area contributed by atoms with Crippen LogP contribution >= 0.6 is 0 Å². The van der Waals surface area contributed by atoms with Crippen molar-refractivity contribution in [1.82, 2.24) is 14.5 Å². The van der Waals surface area contributed by atoms with Gasteiger partial charge in [-0.3, -0.25) is 4.79 Å². The second-order valence-corrected chi connectivity index (χ2v) is 5.43. The Bertz CT molecular complexity index is 395. The number of likely N-dealkylation sites (tertiary alicyclic amines) is 1. The maximum absolute atomic E-state index is 11.4. The fourth-order valence-corrected chi connectivity index (χ4v) is 2.82. The van der Waals surface area contributed by atoms with Gasteiger partial charge in [0.2, 0.25) is 0 Å². The standard InChI is InChI=1S/C14H23N3O2/c1-2-14(13(18)19)4-9-16(10-5-14)7-3-8-17-11-6-15-12-17/h6,11-12H,2-5,7-10H2,1H3,(H,18,19). The number of aromatic nitrogens is 2. The summed E-state index contributed by atoms with van der Waals surface area (Å²) in [6, 6.07) is 0. The highest BCUT2D eigenvalue weighted by atomic mass is 16.4. The van der Waals surface area contributed by atoms with Crippen molar-refractivity contribution in [1.29, 1.82) is 0 Å². The maximum atomic E-state index is 11.4. The molecular formula is C14H23N3O2. The van der Waals surface area contributed by atoms with Crippen molar-refractivity contribution >= 4 is 5.97 Å². The molecular weight excluding hydrogens is 242 g/mol. The van der Waals surface area contributed by atoms with Gasteiger partial charge in [-0.1, -0.05) is 6.92 Å². The van der Waals surface area contributed by atoms with Crippen molar-refractivity contribution < 1.29 is 9.90 Å². The Morgan fingerprint density at radius 3 is 2.63 bits per heavy atom. The molecule has 1 saturated heterocycles. The molecule has 5 nitrogen and oxygen atoms in total. The van der Waals surface area contributed by atoms with Crippen LogP contribution in [0, 0.1) is 5.41 Å². The van der Waals surface area contributed by atoms with Crippen LogP contribution in [0.4, 0.5) is 0 Å². The molecule has 0 radical (unpaired) electrons. The van der Waals surface area contributed by atoms with Gasteiger partial charge in [0.15, 0.2) is 0 Å². The summed E-state index contributed by atoms with van der Waals surface area (Å²) in [4.78, 5) is 17.8. The molecule has 1 N–H and O–H groups in total. The Morgan fingerprint density at radius 1 is 1.37 bits per heavy atom. The number of carboxylic acid groups (broad SMARTS) is 1. The first-order valence-electron chi connectivity index (χ1n) is 7.08. The Hall–Kier alpha value is -1.36. The number of rotatable bonds is 6. The third-order valence-corrected chi connectivity index (χ3v) is 4.39. The van der Waals surface area contributed by atoms with Crippen LogP contribution in [0.3, 0.4) is 0 Å². The van der Waals surface area contributed by atoms with E-state index in [1.54, 1.807) is 6.20 Å². The molecule has 0 saturated carbocycles. The highest BCUT2D eigenvalue weighted by Gasteiger charge is 2.39. The van der Waals surface area contributed by atoms with Gasteiger partial charge < -0.3 is 14.6 Å². The molecule has 1 aromatic rings. The Balaban J connectivity index is 1.73. The quantitative estimate of drug-likeness (QED) is 0.853. The van der Waals surface area contributed by atoms with Crippen LogP contribution in [0.1, 0.15) is 32.6 Å². The first-order chi connectivity index (χ1) is 9.16. The van der Waals surface area contributed by atoms with Crippen LogP contribution in [-0.4, -0.2) is 45.2 Å². The van der Waals surface area contributed by atoms with Crippen molar-refractivity contribution in [3.8, 4) is 0 Å². The van der Waals surface area contributed by atoms with Crippen LogP contribution in [0.25, 0.3) is 0 Å². The van der Waals surface area contributed by atoms with Crippen LogP contribution < -0.4 is 0 Å². The Labute approximate surface area is 114 Å². The van der Waals surface area contributed by atoms with Gasteiger partial charge in [-0.25, -0.2) is 4.98 Å². The second-order valence-electron chi connectivity index (χ2n) is 5.43. The minimum absolute atomic E-state index is 0.471. The molecule has 0 spiro atoms. The SMILES string of the molecule is CCC1(C(=O)O)CCN(CCCn2ccnc2)CC1. The predicted octanol–water partition coefficient (Wildman–Crippen LogP) is 1.85. The van der Waals surface area contributed by atoms with Crippen LogP contribution in [0.5, 0.6) is 0 Å². The molecule has 1 aliphatic heterocycles. The van der Waals surface area contributed by atoms with Gasteiger partial charge in [-0.15, -0.1) is 0 Å². The van der Waals surface area contributed by atoms with Crippen LogP contribution in [0.2, 0.25) is 0 Å². The second kappa shape index (κ2) is 6.19. The zero-order chi connectivity index (χ0) is 13.7. The van der Waals surface area contributed by atoms with E-state index in [4.69, 9.17) is 0 Å². The van der Waals surface area contributed by atoms with Gasteiger partial charge in [0.25, 0.3) is 0 Å². The van der Waals surface area contributed by atoms with E-state index in [2.05, 4.69) is 14.5 Å². The highest BCUT2D eigenvalue weighted by Crippen LogP contribution is 2.35. The lowest BCUT2D eigenvalue weighted by Crippen LogP contribution is -2.44. The molecule has 1 aliphatic rings. The number of piperidine rings is 1. The number of nitrogens with zero attached hydrogens (tertiary/aromatic N) is 3. The van der Waals surface area contributed by atoms with Gasteiger partial charge in [-0.2, -0.15) is 0 Å². The van der Waals surface area contributed by atoms with Crippen molar-refractivity contribution in [2.75, 3.05) is 19.6 Å². The van der Waals surface area contributed by atoms with E-state index in [0.29, 0.717) is 0 Å². The molecule has 0 bridgehead atoms. The number of hydrogen-bond donors (Lipinski definition) is 1. The average molecular weight is 265 g/mol. The predicted molar refractivity (Wildman–Crippen MR) is 72.9 cm³/mol. The van der Waals surface area contributed by atoms with Gasteiger partial charge in [0.1, 0.15) is 0 Å². The molecule has 1 aromatic heterocycles. The molecule has 2 heterocycles. The summed E-state index contributed by atoms with van der Waals surface area (Å²) in [7, 11) is 0. The lowest BCUT2D eigenvalue weighted by molar-refractivity contribution is -0.152. The van der Waals surface area contributed by atoms with Gasteiger partial charge in [0, 0.05) is 18.9 Å². The summed E-state index contributed by atoms with van der Waals surface area (Å²) in [6.45, 7) is 5.82. The van der Waals surface area contributed by atoms with Crippen molar-refractivity contribution in [2.24, 2.45) is 5.41 Å². The number of aryl methyl sites for hydroxylation is 1. The largest absolute Gasteiger partial charge is 0.481 e.